The van der Waals surface area contributed by atoms with E-state index in [1.54, 1.807) is 0 Å². The van der Waals surface area contributed by atoms with Crippen LogP contribution >= 0.6 is 23.2 Å². The highest BCUT2D eigenvalue weighted by atomic mass is 35.5. The van der Waals surface area contributed by atoms with E-state index >= 15 is 0 Å². The van der Waals surface area contributed by atoms with Gasteiger partial charge in [0.05, 0.1) is 6.04 Å². The minimum atomic E-state index is 0.205. The van der Waals surface area contributed by atoms with Gasteiger partial charge in [-0.25, -0.2) is 0 Å². The van der Waals surface area contributed by atoms with Gasteiger partial charge in [0, 0.05) is 16.0 Å². The summed E-state index contributed by atoms with van der Waals surface area (Å²) < 4.78 is 0. The number of nitrogens with zero attached hydrogens (tertiary/aromatic N) is 1. The molecule has 0 aromatic heterocycles. The average molecular weight is 486 g/mol. The molecule has 0 bridgehead atoms. The Hall–Kier alpha value is -2.58. The van der Waals surface area contributed by atoms with Gasteiger partial charge in [-0.3, -0.25) is 4.90 Å². The van der Waals surface area contributed by atoms with Gasteiger partial charge in [-0.1, -0.05) is 114 Å². The maximum Gasteiger partial charge on any atom is 0.0602 e. The van der Waals surface area contributed by atoms with Crippen LogP contribution in [0, 0.1) is 5.92 Å². The summed E-state index contributed by atoms with van der Waals surface area (Å²) in [6, 6.07) is 38.5. The van der Waals surface area contributed by atoms with Crippen molar-refractivity contribution in [1.82, 2.24) is 4.90 Å². The molecule has 3 heteroatoms. The van der Waals surface area contributed by atoms with E-state index in [4.69, 9.17) is 23.2 Å². The lowest BCUT2D eigenvalue weighted by molar-refractivity contribution is 0.144. The Morgan fingerprint density at radius 1 is 0.618 bits per heavy atom. The van der Waals surface area contributed by atoms with Crippen LogP contribution in [-0.4, -0.2) is 18.0 Å². The first-order valence-electron chi connectivity index (χ1n) is 12.0. The zero-order valence-corrected chi connectivity index (χ0v) is 20.7. The molecule has 172 valence electrons. The number of halogens is 2. The first-order chi connectivity index (χ1) is 16.7. The van der Waals surface area contributed by atoms with Crippen LogP contribution in [0.5, 0.6) is 0 Å². The van der Waals surface area contributed by atoms with E-state index in [0.29, 0.717) is 11.8 Å². The van der Waals surface area contributed by atoms with Gasteiger partial charge in [0.2, 0.25) is 0 Å². The predicted molar refractivity (Wildman–Crippen MR) is 144 cm³/mol. The fourth-order valence-electron chi connectivity index (χ4n) is 5.53. The van der Waals surface area contributed by atoms with E-state index < -0.39 is 0 Å². The second-order valence-corrected chi connectivity index (χ2v) is 10.00. The highest BCUT2D eigenvalue weighted by Crippen LogP contribution is 2.42. The summed E-state index contributed by atoms with van der Waals surface area (Å²) in [6.07, 6.45) is 2.24. The topological polar surface area (TPSA) is 3.24 Å². The molecular weight excluding hydrogens is 457 g/mol. The van der Waals surface area contributed by atoms with Gasteiger partial charge >= 0.3 is 0 Å². The molecule has 5 rings (SSSR count). The molecule has 4 aromatic carbocycles. The third kappa shape index (κ3) is 5.08. The molecule has 1 nitrogen and oxygen atoms in total. The first kappa shape index (κ1) is 23.2. The fourth-order valence-corrected chi connectivity index (χ4v) is 5.98. The van der Waals surface area contributed by atoms with Gasteiger partial charge in [0.1, 0.15) is 0 Å². The van der Waals surface area contributed by atoms with Crippen molar-refractivity contribution in [1.29, 1.82) is 0 Å². The van der Waals surface area contributed by atoms with Crippen LogP contribution in [0.25, 0.3) is 0 Å². The van der Waals surface area contributed by atoms with Gasteiger partial charge in [-0.15, -0.1) is 0 Å². The summed E-state index contributed by atoms with van der Waals surface area (Å²) in [5.41, 5.74) is 5.16. The third-order valence-corrected chi connectivity index (χ3v) is 7.67. The van der Waals surface area contributed by atoms with Crippen LogP contribution in [0.4, 0.5) is 0 Å². The lowest BCUT2D eigenvalue weighted by Crippen LogP contribution is -2.39. The Kier molecular flexibility index (Phi) is 7.35. The van der Waals surface area contributed by atoms with Crippen LogP contribution in [0.15, 0.2) is 109 Å². The van der Waals surface area contributed by atoms with Gasteiger partial charge in [-0.05, 0) is 72.3 Å². The minimum absolute atomic E-state index is 0.205. The monoisotopic (exact) mass is 485 g/mol. The number of rotatable bonds is 6. The van der Waals surface area contributed by atoms with Crippen LogP contribution < -0.4 is 0 Å². The lowest BCUT2D eigenvalue weighted by atomic mass is 9.75. The maximum atomic E-state index is 6.72. The molecule has 1 fully saturated rings. The second kappa shape index (κ2) is 10.8. The summed E-state index contributed by atoms with van der Waals surface area (Å²) in [6.45, 7) is 2.06. The van der Waals surface area contributed by atoms with Crippen molar-refractivity contribution in [2.75, 3.05) is 13.1 Å². The highest BCUT2D eigenvalue weighted by Gasteiger charge is 2.33. The smallest absolute Gasteiger partial charge is 0.0602 e. The Labute approximate surface area is 213 Å². The van der Waals surface area contributed by atoms with Crippen molar-refractivity contribution in [3.63, 3.8) is 0 Å². The van der Waals surface area contributed by atoms with Crippen molar-refractivity contribution < 1.29 is 0 Å². The van der Waals surface area contributed by atoms with Crippen molar-refractivity contribution in [2.24, 2.45) is 5.92 Å². The summed E-state index contributed by atoms with van der Waals surface area (Å²) >= 11 is 13.1. The molecule has 0 aliphatic carbocycles. The van der Waals surface area contributed by atoms with Crippen molar-refractivity contribution in [2.45, 2.75) is 24.8 Å². The average Bonchev–Trinajstić information content (AvgIpc) is 2.88. The molecule has 1 heterocycles. The first-order valence-corrected chi connectivity index (χ1v) is 12.8. The number of piperidine rings is 1. The molecule has 0 spiro atoms. The van der Waals surface area contributed by atoms with E-state index in [2.05, 4.69) is 95.9 Å². The molecule has 0 saturated carbocycles. The second-order valence-electron chi connectivity index (χ2n) is 9.15. The molecule has 4 aromatic rings. The zero-order valence-electron chi connectivity index (χ0n) is 19.2. The third-order valence-electron chi connectivity index (χ3n) is 7.09. The fraction of sp³-hybridized carbons (Fsp3) is 0.226. The molecule has 0 amide bonds. The molecule has 0 N–H and O–H groups in total. The van der Waals surface area contributed by atoms with Gasteiger partial charge in [0.25, 0.3) is 0 Å². The van der Waals surface area contributed by atoms with Crippen LogP contribution in [0.2, 0.25) is 10.0 Å². The Morgan fingerprint density at radius 3 is 1.85 bits per heavy atom. The normalized spacial score (nSPS) is 16.8. The summed E-state index contributed by atoms with van der Waals surface area (Å²) in [5.74, 6) is 0.840. The molecule has 34 heavy (non-hydrogen) atoms. The molecule has 2 unspecified atom stereocenters. The van der Waals surface area contributed by atoms with Crippen LogP contribution in [0.3, 0.4) is 0 Å². The lowest BCUT2D eigenvalue weighted by Gasteiger charge is -2.41. The van der Waals surface area contributed by atoms with E-state index in [1.807, 2.05) is 18.2 Å². The maximum absolute atomic E-state index is 6.72. The number of hydrogen-bond donors (Lipinski definition) is 0. The largest absolute Gasteiger partial charge is 0.292 e. The number of hydrogen-bond acceptors (Lipinski definition) is 1. The highest BCUT2D eigenvalue weighted by molar-refractivity contribution is 6.31. The minimum Gasteiger partial charge on any atom is -0.292 e. The van der Waals surface area contributed by atoms with Gasteiger partial charge < -0.3 is 0 Å². The summed E-state index contributed by atoms with van der Waals surface area (Å²) in [5, 5.41) is 1.65. The number of likely N-dealkylation sites (tertiary alicyclic amines) is 1. The van der Waals surface area contributed by atoms with E-state index in [9.17, 15) is 0 Å². The number of benzene rings is 4. The van der Waals surface area contributed by atoms with Crippen LogP contribution in [-0.2, 0) is 0 Å². The van der Waals surface area contributed by atoms with Gasteiger partial charge in [-0.2, -0.15) is 0 Å². The van der Waals surface area contributed by atoms with Crippen molar-refractivity contribution in [3.8, 4) is 0 Å². The van der Waals surface area contributed by atoms with Crippen LogP contribution in [0.1, 0.15) is 47.1 Å². The molecule has 1 aliphatic rings. The van der Waals surface area contributed by atoms with Gasteiger partial charge in [0.15, 0.2) is 0 Å². The SMILES string of the molecule is Clc1cccc(C(c2ccccc2)N2CCC(C(c3ccccc3)c3ccccc3Cl)CC2)c1. The summed E-state index contributed by atoms with van der Waals surface area (Å²) in [7, 11) is 0. The molecule has 1 saturated heterocycles. The van der Waals surface area contributed by atoms with Crippen molar-refractivity contribution >= 4 is 23.2 Å². The Balaban J connectivity index is 1.43. The van der Waals surface area contributed by atoms with E-state index in [-0.39, 0.29) is 6.04 Å². The summed E-state index contributed by atoms with van der Waals surface area (Å²) in [4.78, 5) is 2.62. The predicted octanol–water partition coefficient (Wildman–Crippen LogP) is 8.63. The molecule has 1 aliphatic heterocycles. The Morgan fingerprint density at radius 2 is 1.21 bits per heavy atom. The standard InChI is InChI=1S/C31H29Cl2N/c32-27-15-9-14-26(22-27)31(25-12-5-2-6-13-25)34-20-18-24(19-21-34)30(23-10-3-1-4-11-23)28-16-7-8-17-29(28)33/h1-17,22,24,30-31H,18-21H2. The Bertz CT molecular complexity index is 1200. The molecule has 2 atom stereocenters. The quantitative estimate of drug-likeness (QED) is 0.264. The van der Waals surface area contributed by atoms with Crippen molar-refractivity contribution in [3.05, 3.63) is 141 Å². The van der Waals surface area contributed by atoms with E-state index in [1.165, 1.54) is 22.3 Å². The molecule has 0 radical (unpaired) electrons. The zero-order chi connectivity index (χ0) is 23.3. The van der Waals surface area contributed by atoms with E-state index in [0.717, 1.165) is 36.0 Å². The molecular formula is C31H29Cl2N.